The van der Waals surface area contributed by atoms with E-state index in [-0.39, 0.29) is 11.4 Å². The number of aliphatic hydroxyl groups is 1. The van der Waals surface area contributed by atoms with E-state index in [1.807, 2.05) is 6.07 Å². The lowest BCUT2D eigenvalue weighted by Gasteiger charge is -2.25. The topological polar surface area (TPSA) is 57.6 Å². The molecule has 20 heavy (non-hydrogen) atoms. The Labute approximate surface area is 119 Å². The minimum atomic E-state index is -3.68. The van der Waals surface area contributed by atoms with E-state index in [0.29, 0.717) is 5.69 Å². The fourth-order valence-corrected chi connectivity index (χ4v) is 3.46. The monoisotopic (exact) mass is 291 g/mol. The summed E-state index contributed by atoms with van der Waals surface area (Å²) in [6, 6.07) is 17.0. The number of hydrogen-bond donors (Lipinski definition) is 1. The Hall–Kier alpha value is -1.85. The Kier molecular flexibility index (Phi) is 4.42. The van der Waals surface area contributed by atoms with Gasteiger partial charge < -0.3 is 5.11 Å². The molecule has 106 valence electrons. The summed E-state index contributed by atoms with van der Waals surface area (Å²) >= 11 is 0. The first-order chi connectivity index (χ1) is 9.51. The van der Waals surface area contributed by atoms with Crippen LogP contribution in [0.15, 0.2) is 65.6 Å². The van der Waals surface area contributed by atoms with Gasteiger partial charge in [-0.25, -0.2) is 8.42 Å². The van der Waals surface area contributed by atoms with Crippen molar-refractivity contribution in [3.63, 3.8) is 0 Å². The molecule has 0 aliphatic heterocycles. The van der Waals surface area contributed by atoms with E-state index in [2.05, 4.69) is 0 Å². The van der Waals surface area contributed by atoms with Crippen molar-refractivity contribution in [3.8, 4) is 0 Å². The van der Waals surface area contributed by atoms with Gasteiger partial charge in [0, 0.05) is 0 Å². The molecule has 2 aromatic carbocycles. The lowest BCUT2D eigenvalue weighted by Crippen LogP contribution is -2.36. The van der Waals surface area contributed by atoms with Gasteiger partial charge in [-0.3, -0.25) is 4.31 Å². The van der Waals surface area contributed by atoms with Crippen LogP contribution in [-0.2, 0) is 10.0 Å². The predicted octanol–water partition coefficient (Wildman–Crippen LogP) is 2.26. The summed E-state index contributed by atoms with van der Waals surface area (Å²) in [4.78, 5) is 0.213. The van der Waals surface area contributed by atoms with Crippen LogP contribution >= 0.6 is 0 Å². The molecule has 0 fully saturated rings. The summed E-state index contributed by atoms with van der Waals surface area (Å²) in [5, 5.41) is 9.59. The molecule has 0 radical (unpaired) electrons. The third kappa shape index (κ3) is 3.18. The lowest BCUT2D eigenvalue weighted by molar-refractivity contribution is 0.204. The molecule has 1 atom stereocenters. The zero-order valence-electron chi connectivity index (χ0n) is 11.2. The fraction of sp³-hybridized carbons (Fsp3) is 0.200. The summed E-state index contributed by atoms with van der Waals surface area (Å²) in [5.74, 6) is 0. The Morgan fingerprint density at radius 1 is 1.00 bits per heavy atom. The van der Waals surface area contributed by atoms with Crippen molar-refractivity contribution >= 4 is 15.7 Å². The Bertz CT molecular complexity index is 639. The van der Waals surface area contributed by atoms with E-state index < -0.39 is 16.1 Å². The third-order valence-electron chi connectivity index (χ3n) is 2.81. The molecule has 0 heterocycles. The number of benzene rings is 2. The third-order valence-corrected chi connectivity index (χ3v) is 4.61. The summed E-state index contributed by atoms with van der Waals surface area (Å²) in [7, 11) is -3.68. The number of anilines is 1. The van der Waals surface area contributed by atoms with Gasteiger partial charge in [0.05, 0.1) is 23.2 Å². The number of aliphatic hydroxyl groups excluding tert-OH is 1. The molecular weight excluding hydrogens is 274 g/mol. The first-order valence-corrected chi connectivity index (χ1v) is 7.77. The molecular formula is C15H17NO3S. The van der Waals surface area contributed by atoms with Gasteiger partial charge in [0.25, 0.3) is 10.0 Å². The SMILES string of the molecule is C[C@@H](O)CN(c1ccccc1)S(=O)(=O)c1ccccc1. The second-order valence-corrected chi connectivity index (χ2v) is 6.40. The molecule has 0 aliphatic rings. The zero-order valence-corrected chi connectivity index (χ0v) is 12.0. The van der Waals surface area contributed by atoms with E-state index in [4.69, 9.17) is 0 Å². The average Bonchev–Trinajstić information content (AvgIpc) is 2.46. The largest absolute Gasteiger partial charge is 0.392 e. The Morgan fingerprint density at radius 2 is 1.50 bits per heavy atom. The zero-order chi connectivity index (χ0) is 14.6. The van der Waals surface area contributed by atoms with Crippen LogP contribution in [0.4, 0.5) is 5.69 Å². The van der Waals surface area contributed by atoms with Crippen molar-refractivity contribution in [1.29, 1.82) is 0 Å². The molecule has 5 heteroatoms. The van der Waals surface area contributed by atoms with Crippen LogP contribution in [0, 0.1) is 0 Å². The number of sulfonamides is 1. The highest BCUT2D eigenvalue weighted by molar-refractivity contribution is 7.92. The summed E-state index contributed by atoms with van der Waals surface area (Å²) in [6.07, 6.45) is -0.756. The van der Waals surface area contributed by atoms with Crippen LogP contribution in [0.1, 0.15) is 6.92 Å². The van der Waals surface area contributed by atoms with Crippen LogP contribution in [0.5, 0.6) is 0 Å². The minimum absolute atomic E-state index is 0.0151. The predicted molar refractivity (Wildman–Crippen MR) is 79.1 cm³/mol. The van der Waals surface area contributed by atoms with Crippen LogP contribution in [0.2, 0.25) is 0 Å². The fourth-order valence-electron chi connectivity index (χ4n) is 1.90. The molecule has 2 aromatic rings. The molecule has 0 aromatic heterocycles. The standard InChI is InChI=1S/C15H17NO3S/c1-13(17)12-16(14-8-4-2-5-9-14)20(18,19)15-10-6-3-7-11-15/h2-11,13,17H,12H2,1H3/t13-/m1/s1. The maximum Gasteiger partial charge on any atom is 0.264 e. The summed E-state index contributed by atoms with van der Waals surface area (Å²) < 4.78 is 26.6. The first-order valence-electron chi connectivity index (χ1n) is 6.33. The smallest absolute Gasteiger partial charge is 0.264 e. The Morgan fingerprint density at radius 3 is 2.00 bits per heavy atom. The van der Waals surface area contributed by atoms with E-state index >= 15 is 0 Å². The molecule has 0 amide bonds. The number of rotatable bonds is 5. The van der Waals surface area contributed by atoms with E-state index in [1.54, 1.807) is 61.5 Å². The molecule has 0 saturated heterocycles. The van der Waals surface area contributed by atoms with Crippen molar-refractivity contribution in [3.05, 3.63) is 60.7 Å². The van der Waals surface area contributed by atoms with E-state index in [0.717, 1.165) is 0 Å². The summed E-state index contributed by atoms with van der Waals surface area (Å²) in [6.45, 7) is 1.58. The van der Waals surface area contributed by atoms with Gasteiger partial charge in [-0.1, -0.05) is 36.4 Å². The number of nitrogens with zero attached hydrogens (tertiary/aromatic N) is 1. The maximum atomic E-state index is 12.7. The van der Waals surface area contributed by atoms with Gasteiger partial charge in [0.15, 0.2) is 0 Å². The molecule has 4 nitrogen and oxygen atoms in total. The van der Waals surface area contributed by atoms with Crippen LogP contribution in [-0.4, -0.2) is 26.2 Å². The van der Waals surface area contributed by atoms with E-state index in [9.17, 15) is 13.5 Å². The normalized spacial score (nSPS) is 12.9. The first kappa shape index (κ1) is 14.6. The molecule has 0 spiro atoms. The lowest BCUT2D eigenvalue weighted by atomic mass is 10.3. The van der Waals surface area contributed by atoms with Crippen molar-refractivity contribution in [1.82, 2.24) is 0 Å². The van der Waals surface area contributed by atoms with Crippen molar-refractivity contribution < 1.29 is 13.5 Å². The molecule has 2 rings (SSSR count). The van der Waals surface area contributed by atoms with Gasteiger partial charge in [0.1, 0.15) is 0 Å². The molecule has 0 bridgehead atoms. The highest BCUT2D eigenvalue weighted by Gasteiger charge is 2.25. The van der Waals surface area contributed by atoms with Gasteiger partial charge in [0.2, 0.25) is 0 Å². The van der Waals surface area contributed by atoms with Gasteiger partial charge in [-0.15, -0.1) is 0 Å². The molecule has 0 aliphatic carbocycles. The molecule has 1 N–H and O–H groups in total. The van der Waals surface area contributed by atoms with Crippen LogP contribution < -0.4 is 4.31 Å². The minimum Gasteiger partial charge on any atom is -0.392 e. The average molecular weight is 291 g/mol. The molecule has 0 unspecified atom stereocenters. The number of hydrogen-bond acceptors (Lipinski definition) is 3. The van der Waals surface area contributed by atoms with Crippen LogP contribution in [0.3, 0.4) is 0 Å². The van der Waals surface area contributed by atoms with Gasteiger partial charge in [-0.2, -0.15) is 0 Å². The van der Waals surface area contributed by atoms with Gasteiger partial charge in [-0.05, 0) is 31.2 Å². The summed E-state index contributed by atoms with van der Waals surface area (Å²) in [5.41, 5.74) is 0.539. The quantitative estimate of drug-likeness (QED) is 0.919. The molecule has 0 saturated carbocycles. The highest BCUT2D eigenvalue weighted by atomic mass is 32.2. The van der Waals surface area contributed by atoms with Crippen molar-refractivity contribution in [2.75, 3.05) is 10.8 Å². The van der Waals surface area contributed by atoms with Crippen LogP contribution in [0.25, 0.3) is 0 Å². The van der Waals surface area contributed by atoms with Gasteiger partial charge >= 0.3 is 0 Å². The maximum absolute atomic E-state index is 12.7. The second-order valence-electron chi connectivity index (χ2n) is 4.53. The second kappa shape index (κ2) is 6.07. The Balaban J connectivity index is 2.47. The number of para-hydroxylation sites is 1. The van der Waals surface area contributed by atoms with Crippen molar-refractivity contribution in [2.45, 2.75) is 17.9 Å². The van der Waals surface area contributed by atoms with E-state index in [1.165, 1.54) is 4.31 Å². The highest BCUT2D eigenvalue weighted by Crippen LogP contribution is 2.23. The van der Waals surface area contributed by atoms with Crippen molar-refractivity contribution in [2.24, 2.45) is 0 Å².